The molecule has 144 valence electrons. The molecule has 0 bridgehead atoms. The molecule has 0 heterocycles. The van der Waals surface area contributed by atoms with Crippen molar-refractivity contribution in [2.75, 3.05) is 0 Å². The molecule has 0 radical (unpaired) electrons. The van der Waals surface area contributed by atoms with Crippen LogP contribution in [0.3, 0.4) is 0 Å². The Kier molecular flexibility index (Phi) is 6.06. The summed E-state index contributed by atoms with van der Waals surface area (Å²) in [5, 5.41) is 13.8. The van der Waals surface area contributed by atoms with Crippen LogP contribution in [0, 0.1) is 0 Å². The Bertz CT molecular complexity index is 742. The highest BCUT2D eigenvalue weighted by Gasteiger charge is 2.34. The monoisotopic (exact) mass is 375 g/mol. The summed E-state index contributed by atoms with van der Waals surface area (Å²) < 4.78 is 28.6. The number of amides is 1. The molecule has 0 aromatic heterocycles. The lowest BCUT2D eigenvalue weighted by Gasteiger charge is -2.36. The quantitative estimate of drug-likeness (QED) is 0.808. The molecule has 0 unspecified atom stereocenters. The molecule has 2 aromatic carbocycles. The van der Waals surface area contributed by atoms with Crippen molar-refractivity contribution >= 4 is 5.91 Å². The average molecular weight is 375 g/mol. The van der Waals surface area contributed by atoms with Gasteiger partial charge in [0.05, 0.1) is 12.0 Å². The normalized spacial score (nSPS) is 22.4. The van der Waals surface area contributed by atoms with Crippen molar-refractivity contribution in [3.8, 4) is 5.75 Å². The van der Waals surface area contributed by atoms with E-state index in [0.717, 1.165) is 11.1 Å². The molecule has 2 aromatic rings. The van der Waals surface area contributed by atoms with Gasteiger partial charge in [-0.2, -0.15) is 8.78 Å². The van der Waals surface area contributed by atoms with E-state index in [-0.39, 0.29) is 24.1 Å². The lowest BCUT2D eigenvalue weighted by atomic mass is 9.78. The molecule has 4 nitrogen and oxygen atoms in total. The third kappa shape index (κ3) is 5.26. The zero-order valence-electron chi connectivity index (χ0n) is 14.9. The van der Waals surface area contributed by atoms with Crippen molar-refractivity contribution in [3.05, 3.63) is 65.7 Å². The van der Waals surface area contributed by atoms with E-state index in [1.807, 2.05) is 30.3 Å². The molecule has 1 saturated carbocycles. The first-order chi connectivity index (χ1) is 12.9. The SMILES string of the molecule is O=C(Cc1ccc(OC(F)F)cc1)NC1CCC(O)(c2ccccc2)CC1. The molecule has 3 rings (SSSR count). The first kappa shape index (κ1) is 19.3. The third-order valence-corrected chi connectivity index (χ3v) is 5.00. The van der Waals surface area contributed by atoms with Crippen LogP contribution in [0.4, 0.5) is 8.78 Å². The van der Waals surface area contributed by atoms with Gasteiger partial charge in [-0.05, 0) is 48.9 Å². The number of halogens is 2. The van der Waals surface area contributed by atoms with E-state index < -0.39 is 12.2 Å². The van der Waals surface area contributed by atoms with Crippen molar-refractivity contribution in [2.45, 2.75) is 50.4 Å². The molecule has 0 spiro atoms. The van der Waals surface area contributed by atoms with Crippen molar-refractivity contribution < 1.29 is 23.4 Å². The number of benzene rings is 2. The fraction of sp³-hybridized carbons (Fsp3) is 0.381. The Morgan fingerprint density at radius 2 is 1.74 bits per heavy atom. The van der Waals surface area contributed by atoms with Gasteiger partial charge in [0.15, 0.2) is 0 Å². The minimum Gasteiger partial charge on any atom is -0.435 e. The molecule has 0 saturated heterocycles. The van der Waals surface area contributed by atoms with Gasteiger partial charge in [-0.1, -0.05) is 42.5 Å². The second kappa shape index (κ2) is 8.48. The maximum atomic E-state index is 12.2. The van der Waals surface area contributed by atoms with Crippen LogP contribution in [0.1, 0.15) is 36.8 Å². The molecule has 1 amide bonds. The van der Waals surface area contributed by atoms with E-state index in [9.17, 15) is 18.7 Å². The smallest absolute Gasteiger partial charge is 0.387 e. The van der Waals surface area contributed by atoms with Crippen molar-refractivity contribution in [3.63, 3.8) is 0 Å². The first-order valence-electron chi connectivity index (χ1n) is 9.06. The highest BCUT2D eigenvalue weighted by atomic mass is 19.3. The number of carbonyl (C=O) groups excluding carboxylic acids is 1. The van der Waals surface area contributed by atoms with Gasteiger partial charge in [0, 0.05) is 6.04 Å². The summed E-state index contributed by atoms with van der Waals surface area (Å²) in [4.78, 5) is 12.2. The van der Waals surface area contributed by atoms with Crippen molar-refractivity contribution in [1.82, 2.24) is 5.32 Å². The van der Waals surface area contributed by atoms with Gasteiger partial charge >= 0.3 is 6.61 Å². The Morgan fingerprint density at radius 3 is 2.33 bits per heavy atom. The number of ether oxygens (including phenoxy) is 1. The number of nitrogens with one attached hydrogen (secondary N) is 1. The van der Waals surface area contributed by atoms with E-state index in [4.69, 9.17) is 0 Å². The Balaban J connectivity index is 1.48. The Labute approximate surface area is 157 Å². The number of carbonyl (C=O) groups is 1. The summed E-state index contributed by atoms with van der Waals surface area (Å²) in [6, 6.07) is 15.7. The largest absolute Gasteiger partial charge is 0.435 e. The predicted octanol–water partition coefficient (Wildman–Crippen LogP) is 3.78. The minimum atomic E-state index is -2.86. The van der Waals surface area contributed by atoms with Gasteiger partial charge in [0.1, 0.15) is 5.75 Å². The minimum absolute atomic E-state index is 0.0305. The molecular formula is C21H23F2NO3. The number of rotatable bonds is 6. The van der Waals surface area contributed by atoms with Gasteiger partial charge in [-0.25, -0.2) is 0 Å². The molecule has 27 heavy (non-hydrogen) atoms. The van der Waals surface area contributed by atoms with Gasteiger partial charge in [0.25, 0.3) is 0 Å². The molecule has 0 aliphatic heterocycles. The predicted molar refractivity (Wildman–Crippen MR) is 97.5 cm³/mol. The fourth-order valence-corrected chi connectivity index (χ4v) is 3.53. The summed E-state index contributed by atoms with van der Waals surface area (Å²) >= 11 is 0. The summed E-state index contributed by atoms with van der Waals surface area (Å²) in [6.07, 6.45) is 2.79. The van der Waals surface area contributed by atoms with Crippen LogP contribution >= 0.6 is 0 Å². The summed E-state index contributed by atoms with van der Waals surface area (Å²) in [5.41, 5.74) is 0.815. The van der Waals surface area contributed by atoms with Gasteiger partial charge in [-0.3, -0.25) is 4.79 Å². The summed E-state index contributed by atoms with van der Waals surface area (Å²) in [7, 11) is 0. The standard InChI is InChI=1S/C21H23F2NO3/c22-20(23)27-18-8-6-15(7-9-18)14-19(25)24-17-10-12-21(26,13-11-17)16-4-2-1-3-5-16/h1-9,17,20,26H,10-14H2,(H,24,25). The van der Waals surface area contributed by atoms with E-state index in [2.05, 4.69) is 10.1 Å². The van der Waals surface area contributed by atoms with E-state index in [1.165, 1.54) is 12.1 Å². The van der Waals surface area contributed by atoms with E-state index in [0.29, 0.717) is 25.7 Å². The maximum Gasteiger partial charge on any atom is 0.387 e. The Morgan fingerprint density at radius 1 is 1.11 bits per heavy atom. The average Bonchev–Trinajstić information content (AvgIpc) is 2.66. The van der Waals surface area contributed by atoms with Crippen LogP contribution in [-0.2, 0) is 16.8 Å². The summed E-state index contributed by atoms with van der Waals surface area (Å²) in [6.45, 7) is -2.86. The molecular weight excluding hydrogens is 352 g/mol. The second-order valence-corrected chi connectivity index (χ2v) is 6.94. The zero-order chi connectivity index (χ0) is 19.3. The number of hydrogen-bond acceptors (Lipinski definition) is 3. The highest BCUT2D eigenvalue weighted by molar-refractivity contribution is 5.78. The van der Waals surface area contributed by atoms with Crippen molar-refractivity contribution in [1.29, 1.82) is 0 Å². The van der Waals surface area contributed by atoms with Gasteiger partial charge < -0.3 is 15.2 Å². The van der Waals surface area contributed by atoms with Crippen LogP contribution in [0.2, 0.25) is 0 Å². The Hall–Kier alpha value is -2.47. The number of hydrogen-bond donors (Lipinski definition) is 2. The van der Waals surface area contributed by atoms with Crippen LogP contribution < -0.4 is 10.1 Å². The van der Waals surface area contributed by atoms with Crippen LogP contribution in [0.15, 0.2) is 54.6 Å². The number of alkyl halides is 2. The lowest BCUT2D eigenvalue weighted by Crippen LogP contribution is -2.42. The van der Waals surface area contributed by atoms with Gasteiger partial charge in [-0.15, -0.1) is 0 Å². The molecule has 2 N–H and O–H groups in total. The van der Waals surface area contributed by atoms with Crippen molar-refractivity contribution in [2.24, 2.45) is 0 Å². The molecule has 1 aliphatic rings. The third-order valence-electron chi connectivity index (χ3n) is 5.00. The van der Waals surface area contributed by atoms with Crippen LogP contribution in [0.5, 0.6) is 5.75 Å². The lowest BCUT2D eigenvalue weighted by molar-refractivity contribution is -0.122. The molecule has 6 heteroatoms. The van der Waals surface area contributed by atoms with Crippen LogP contribution in [0.25, 0.3) is 0 Å². The summed E-state index contributed by atoms with van der Waals surface area (Å²) in [5.74, 6) is -0.0469. The second-order valence-electron chi connectivity index (χ2n) is 6.94. The van der Waals surface area contributed by atoms with Crippen LogP contribution in [-0.4, -0.2) is 23.7 Å². The molecule has 1 aliphatic carbocycles. The first-order valence-corrected chi connectivity index (χ1v) is 9.06. The van der Waals surface area contributed by atoms with Gasteiger partial charge in [0.2, 0.25) is 5.91 Å². The van der Waals surface area contributed by atoms with E-state index in [1.54, 1.807) is 12.1 Å². The fourth-order valence-electron chi connectivity index (χ4n) is 3.53. The maximum absolute atomic E-state index is 12.2. The number of aliphatic hydroxyl groups is 1. The van der Waals surface area contributed by atoms with E-state index >= 15 is 0 Å². The molecule has 0 atom stereocenters. The zero-order valence-corrected chi connectivity index (χ0v) is 14.9. The highest BCUT2D eigenvalue weighted by Crippen LogP contribution is 2.36. The topological polar surface area (TPSA) is 58.6 Å². The molecule has 1 fully saturated rings.